The zero-order valence-corrected chi connectivity index (χ0v) is 17.5. The molecule has 0 aromatic heterocycles. The van der Waals surface area contributed by atoms with E-state index in [4.69, 9.17) is 4.74 Å². The summed E-state index contributed by atoms with van der Waals surface area (Å²) < 4.78 is 69.2. The first-order chi connectivity index (χ1) is 13.9. The van der Waals surface area contributed by atoms with Crippen LogP contribution in [0.4, 0.5) is 13.2 Å². The van der Waals surface area contributed by atoms with Crippen molar-refractivity contribution in [2.45, 2.75) is 43.4 Å². The Bertz CT molecular complexity index is 1110. The molecule has 8 heteroatoms. The minimum atomic E-state index is -4.55. The Kier molecular flexibility index (Phi) is 5.58. The van der Waals surface area contributed by atoms with Crippen LogP contribution in [0.5, 0.6) is 0 Å². The number of alkyl halides is 3. The number of carbonyl (C=O) groups excluding carboxylic acids is 1. The van der Waals surface area contributed by atoms with E-state index < -0.39 is 27.2 Å². The lowest BCUT2D eigenvalue weighted by molar-refractivity contribution is -0.137. The van der Waals surface area contributed by atoms with Crippen molar-refractivity contribution in [1.29, 1.82) is 0 Å². The fraction of sp³-hybridized carbons (Fsp3) is 0.318. The second-order valence-electron chi connectivity index (χ2n) is 7.21. The van der Waals surface area contributed by atoms with Gasteiger partial charge in [-0.1, -0.05) is 26.0 Å². The van der Waals surface area contributed by atoms with E-state index in [1.54, 1.807) is 13.8 Å². The van der Waals surface area contributed by atoms with E-state index in [2.05, 4.69) is 0 Å². The van der Waals surface area contributed by atoms with Gasteiger partial charge in [-0.15, -0.1) is 0 Å². The molecule has 1 aliphatic rings. The molecule has 0 atom stereocenters. The van der Waals surface area contributed by atoms with E-state index in [1.807, 2.05) is 0 Å². The maximum absolute atomic E-state index is 13.3. The Balaban J connectivity index is 2.21. The normalized spacial score (nSPS) is 16.7. The summed E-state index contributed by atoms with van der Waals surface area (Å²) in [6.07, 6.45) is -2.79. The number of halogens is 3. The molecule has 0 radical (unpaired) electrons. The van der Waals surface area contributed by atoms with Crippen LogP contribution in [-0.2, 0) is 25.5 Å². The number of benzene rings is 2. The molecule has 1 heterocycles. The van der Waals surface area contributed by atoms with Crippen molar-refractivity contribution in [3.8, 4) is 0 Å². The molecule has 0 amide bonds. The Morgan fingerprint density at radius 3 is 2.07 bits per heavy atom. The van der Waals surface area contributed by atoms with Crippen molar-refractivity contribution in [2.75, 3.05) is 6.26 Å². The third-order valence-electron chi connectivity index (χ3n) is 5.33. The van der Waals surface area contributed by atoms with Crippen LogP contribution in [0.3, 0.4) is 0 Å². The molecule has 0 aliphatic carbocycles. The van der Waals surface area contributed by atoms with Gasteiger partial charge in [-0.05, 0) is 54.8 Å². The van der Waals surface area contributed by atoms with Gasteiger partial charge >= 0.3 is 6.18 Å². The molecule has 1 aliphatic heterocycles. The van der Waals surface area contributed by atoms with Gasteiger partial charge in [0.25, 0.3) is 0 Å². The standard InChI is InChI=1S/C22H21F3O4S/c1-4-21(5-2)20(26)18(15-7-6-8-16(13-15)22(23,24)25)19(29-21)14-9-11-17(12-10-14)30(3,27)28/h6-13H,4-5H2,1-3H3. The summed E-state index contributed by atoms with van der Waals surface area (Å²) in [4.78, 5) is 13.4. The third-order valence-corrected chi connectivity index (χ3v) is 6.46. The van der Waals surface area contributed by atoms with Crippen LogP contribution >= 0.6 is 0 Å². The number of Topliss-reactive ketones (excluding diaryl/α,β-unsaturated/α-hetero) is 1. The van der Waals surface area contributed by atoms with Crippen LogP contribution in [0.15, 0.2) is 53.4 Å². The van der Waals surface area contributed by atoms with E-state index in [0.29, 0.717) is 18.4 Å². The van der Waals surface area contributed by atoms with Gasteiger partial charge in [-0.3, -0.25) is 4.79 Å². The van der Waals surface area contributed by atoms with Crippen LogP contribution in [0.2, 0.25) is 0 Å². The fourth-order valence-corrected chi connectivity index (χ4v) is 4.14. The second kappa shape index (κ2) is 7.58. The third kappa shape index (κ3) is 3.88. The van der Waals surface area contributed by atoms with Gasteiger partial charge in [0.05, 0.1) is 16.0 Å². The molecule has 30 heavy (non-hydrogen) atoms. The lowest BCUT2D eigenvalue weighted by Gasteiger charge is -2.25. The minimum Gasteiger partial charge on any atom is -0.478 e. The summed E-state index contributed by atoms with van der Waals surface area (Å²) in [6.45, 7) is 3.56. The average molecular weight is 438 g/mol. The van der Waals surface area contributed by atoms with Crippen molar-refractivity contribution in [2.24, 2.45) is 0 Å². The van der Waals surface area contributed by atoms with Crippen LogP contribution in [0.1, 0.15) is 43.4 Å². The summed E-state index contributed by atoms with van der Waals surface area (Å²) >= 11 is 0. The van der Waals surface area contributed by atoms with Crippen LogP contribution in [-0.4, -0.2) is 26.1 Å². The first kappa shape index (κ1) is 22.1. The number of ether oxygens (including phenoxy) is 1. The molecule has 4 nitrogen and oxygen atoms in total. The quantitative estimate of drug-likeness (QED) is 0.649. The molecule has 3 rings (SSSR count). The van der Waals surface area contributed by atoms with Crippen LogP contribution < -0.4 is 0 Å². The number of hydrogen-bond donors (Lipinski definition) is 0. The zero-order valence-electron chi connectivity index (χ0n) is 16.7. The van der Waals surface area contributed by atoms with Gasteiger partial charge in [0.15, 0.2) is 15.4 Å². The topological polar surface area (TPSA) is 60.4 Å². The summed E-state index contributed by atoms with van der Waals surface area (Å²) in [5.74, 6) is -0.225. The SMILES string of the molecule is CCC1(CC)OC(c2ccc(S(C)(=O)=O)cc2)=C(c2cccc(C(F)(F)F)c2)C1=O. The molecule has 0 unspecified atom stereocenters. The van der Waals surface area contributed by atoms with Gasteiger partial charge in [0, 0.05) is 11.8 Å². The highest BCUT2D eigenvalue weighted by Crippen LogP contribution is 2.45. The highest BCUT2D eigenvalue weighted by atomic mass is 32.2. The van der Waals surface area contributed by atoms with Crippen LogP contribution in [0.25, 0.3) is 11.3 Å². The minimum absolute atomic E-state index is 0.0666. The Hall–Kier alpha value is -2.61. The maximum atomic E-state index is 13.3. The number of ketones is 1. The van der Waals surface area contributed by atoms with Crippen molar-refractivity contribution in [3.05, 3.63) is 65.2 Å². The molecule has 0 N–H and O–H groups in total. The highest BCUT2D eigenvalue weighted by molar-refractivity contribution is 7.90. The Morgan fingerprint density at radius 1 is 0.967 bits per heavy atom. The van der Waals surface area contributed by atoms with Crippen molar-refractivity contribution < 1.29 is 31.1 Å². The largest absolute Gasteiger partial charge is 0.478 e. The molecule has 2 aromatic rings. The number of rotatable bonds is 5. The molecule has 0 saturated heterocycles. The van der Waals surface area contributed by atoms with Gasteiger partial charge in [0.2, 0.25) is 5.78 Å². The maximum Gasteiger partial charge on any atom is 0.416 e. The van der Waals surface area contributed by atoms with Gasteiger partial charge < -0.3 is 4.74 Å². The van der Waals surface area contributed by atoms with Gasteiger partial charge in [0.1, 0.15) is 5.76 Å². The summed E-state index contributed by atoms with van der Waals surface area (Å²) in [6, 6.07) is 10.3. The monoisotopic (exact) mass is 438 g/mol. The second-order valence-corrected chi connectivity index (χ2v) is 9.23. The number of sulfone groups is 1. The molecule has 2 aromatic carbocycles. The smallest absolute Gasteiger partial charge is 0.416 e. The van der Waals surface area contributed by atoms with Crippen molar-refractivity contribution in [3.63, 3.8) is 0 Å². The van der Waals surface area contributed by atoms with E-state index in [-0.39, 0.29) is 27.6 Å². The summed E-state index contributed by atoms with van der Waals surface area (Å²) in [7, 11) is -3.42. The van der Waals surface area contributed by atoms with E-state index in [9.17, 15) is 26.4 Å². The van der Waals surface area contributed by atoms with E-state index in [0.717, 1.165) is 18.4 Å². The molecular weight excluding hydrogens is 417 g/mol. The molecule has 0 spiro atoms. The lowest BCUT2D eigenvalue weighted by Crippen LogP contribution is -2.35. The lowest BCUT2D eigenvalue weighted by atomic mass is 9.86. The van der Waals surface area contributed by atoms with Crippen molar-refractivity contribution in [1.82, 2.24) is 0 Å². The van der Waals surface area contributed by atoms with Gasteiger partial charge in [-0.25, -0.2) is 8.42 Å². The molecule has 0 fully saturated rings. The predicted molar refractivity (Wildman–Crippen MR) is 107 cm³/mol. The summed E-state index contributed by atoms with van der Waals surface area (Å²) in [5.41, 5.74) is -1.43. The van der Waals surface area contributed by atoms with E-state index in [1.165, 1.54) is 36.4 Å². The predicted octanol–water partition coefficient (Wildman–Crippen LogP) is 5.14. The first-order valence-corrected chi connectivity index (χ1v) is 11.3. The summed E-state index contributed by atoms with van der Waals surface area (Å²) in [5, 5.41) is 0. The zero-order chi connectivity index (χ0) is 22.3. The molecule has 0 saturated carbocycles. The average Bonchev–Trinajstić information content (AvgIpc) is 3.00. The Morgan fingerprint density at radius 2 is 1.57 bits per heavy atom. The van der Waals surface area contributed by atoms with Gasteiger partial charge in [-0.2, -0.15) is 13.2 Å². The highest BCUT2D eigenvalue weighted by Gasteiger charge is 2.47. The molecule has 160 valence electrons. The first-order valence-electron chi connectivity index (χ1n) is 9.39. The molecular formula is C22H21F3O4S. The number of carbonyl (C=O) groups is 1. The number of hydrogen-bond acceptors (Lipinski definition) is 4. The van der Waals surface area contributed by atoms with Crippen molar-refractivity contribution >= 4 is 27.0 Å². The molecule has 0 bridgehead atoms. The van der Waals surface area contributed by atoms with E-state index >= 15 is 0 Å². The van der Waals surface area contributed by atoms with Crippen LogP contribution in [0, 0.1) is 0 Å². The Labute approximate surface area is 173 Å². The fourth-order valence-electron chi connectivity index (χ4n) is 3.51.